The van der Waals surface area contributed by atoms with Gasteiger partial charge in [-0.15, -0.1) is 0 Å². The molecule has 0 spiro atoms. The van der Waals surface area contributed by atoms with Gasteiger partial charge in [0.1, 0.15) is 12.1 Å². The highest BCUT2D eigenvalue weighted by molar-refractivity contribution is 5.94. The third kappa shape index (κ3) is 55.6. The van der Waals surface area contributed by atoms with Crippen LogP contribution in [-0.2, 0) is 76.3 Å². The molecule has 4 aliphatic carbocycles. The topological polar surface area (TPSA) is 307 Å². The van der Waals surface area contributed by atoms with Crippen molar-refractivity contribution in [3.05, 3.63) is 235 Å². The Morgan fingerprint density at radius 3 is 0.771 bits per heavy atom. The number of hydrogen-bond donors (Lipinski definition) is 8. The van der Waals surface area contributed by atoms with Gasteiger partial charge in [-0.3, -0.25) is 38.4 Å². The first-order chi connectivity index (χ1) is 66.8. The molecule has 24 heteroatoms. The predicted octanol–water partition coefficient (Wildman–Crippen LogP) is 20.0. The summed E-state index contributed by atoms with van der Waals surface area (Å²) in [5, 5.41) is 23.1. The van der Waals surface area contributed by atoms with Gasteiger partial charge < -0.3 is 80.4 Å². The maximum absolute atomic E-state index is 13.6. The molecule has 140 heavy (non-hydrogen) atoms. The SMILES string of the molecule is CC(C=CC1=C(C)CCCC1(C)C)=CC=CC(C)=CC(=O)NCCCC[C@@H](NC(=O)C=C(C)C=CC=C(C)C=CC1=C(C)CCCC1(C)C)C(=O)NCCOCCOCCNC(=O)CCOCCOCCOCCOCCC(=O)NCCOCCOCCNC(=O)[C@@H](CCCCNC(=O)C=C(C)C=CC=C(C)C=CC1=C(C)CCCC1(C)C)NC(=O)C=C(C)C=CC=C(C)C=CC1=C(C)CCCC1(C)C. The summed E-state index contributed by atoms with van der Waals surface area (Å²) in [6, 6.07) is -1.65. The molecule has 24 nitrogen and oxygen atoms in total. The van der Waals surface area contributed by atoms with E-state index >= 15 is 0 Å². The molecule has 0 heterocycles. The van der Waals surface area contributed by atoms with Crippen molar-refractivity contribution in [2.24, 2.45) is 21.7 Å². The fourth-order valence-electron chi connectivity index (χ4n) is 17.2. The Morgan fingerprint density at radius 2 is 0.514 bits per heavy atom. The lowest BCUT2D eigenvalue weighted by atomic mass is 9.72. The van der Waals surface area contributed by atoms with Crippen molar-refractivity contribution in [1.82, 2.24) is 42.5 Å². The van der Waals surface area contributed by atoms with Gasteiger partial charge in [0.2, 0.25) is 47.3 Å². The summed E-state index contributed by atoms with van der Waals surface area (Å²) in [5.74, 6) is -2.22. The highest BCUT2D eigenvalue weighted by Gasteiger charge is 2.31. The minimum Gasteiger partial charge on any atom is -0.379 e. The van der Waals surface area contributed by atoms with Crippen molar-refractivity contribution >= 4 is 47.3 Å². The summed E-state index contributed by atoms with van der Waals surface area (Å²) in [6.45, 7) is 49.5. The molecule has 0 saturated heterocycles. The van der Waals surface area contributed by atoms with Crippen LogP contribution in [0.25, 0.3) is 0 Å². The Labute approximate surface area is 841 Å². The van der Waals surface area contributed by atoms with Crippen LogP contribution < -0.4 is 42.5 Å². The highest BCUT2D eigenvalue weighted by Crippen LogP contribution is 2.44. The highest BCUT2D eigenvalue weighted by atomic mass is 16.6. The molecule has 0 aliphatic heterocycles. The summed E-state index contributed by atoms with van der Waals surface area (Å²) >= 11 is 0. The van der Waals surface area contributed by atoms with Gasteiger partial charge in [0.05, 0.1) is 106 Å². The first kappa shape index (κ1) is 123. The second-order valence-corrected chi connectivity index (χ2v) is 40.1. The smallest absolute Gasteiger partial charge is 0.244 e. The van der Waals surface area contributed by atoms with Crippen LogP contribution in [0.4, 0.5) is 0 Å². The molecule has 8 N–H and O–H groups in total. The lowest BCUT2D eigenvalue weighted by molar-refractivity contribution is -0.127. The van der Waals surface area contributed by atoms with E-state index in [0.717, 1.165) is 70.3 Å². The number of nitrogens with one attached hydrogen (secondary N) is 8. The molecule has 0 fully saturated rings. The van der Waals surface area contributed by atoms with E-state index in [4.69, 9.17) is 37.9 Å². The van der Waals surface area contributed by atoms with Crippen molar-refractivity contribution in [1.29, 1.82) is 0 Å². The van der Waals surface area contributed by atoms with E-state index in [2.05, 4.69) is 202 Å². The minimum absolute atomic E-state index is 0.150. The summed E-state index contributed by atoms with van der Waals surface area (Å²) in [4.78, 5) is 105. The molecule has 0 bridgehead atoms. The molecular weight excluding hydrogens is 1760 g/mol. The monoisotopic (exact) mass is 1940 g/mol. The second-order valence-electron chi connectivity index (χ2n) is 40.1. The van der Waals surface area contributed by atoms with Crippen LogP contribution in [0.15, 0.2) is 235 Å². The summed E-state index contributed by atoms with van der Waals surface area (Å²) in [5.41, 5.74) is 19.6. The average Bonchev–Trinajstić information content (AvgIpc) is 0.833. The van der Waals surface area contributed by atoms with Crippen LogP contribution in [0.3, 0.4) is 0 Å². The Hall–Kier alpha value is -9.76. The van der Waals surface area contributed by atoms with Crippen LogP contribution in [0, 0.1) is 21.7 Å². The van der Waals surface area contributed by atoms with Crippen molar-refractivity contribution in [3.8, 4) is 0 Å². The molecule has 0 saturated carbocycles. The van der Waals surface area contributed by atoms with Crippen molar-refractivity contribution in [2.45, 2.75) is 279 Å². The molecule has 2 atom stereocenters. The maximum Gasteiger partial charge on any atom is 0.244 e. The minimum atomic E-state index is -0.824. The van der Waals surface area contributed by atoms with Crippen LogP contribution in [-0.4, -0.2) is 204 Å². The Balaban J connectivity index is 1.03. The van der Waals surface area contributed by atoms with Crippen molar-refractivity contribution in [3.63, 3.8) is 0 Å². The summed E-state index contributed by atoms with van der Waals surface area (Å²) in [7, 11) is 0. The number of rotatable bonds is 67. The van der Waals surface area contributed by atoms with Gasteiger partial charge in [0.15, 0.2) is 0 Å². The van der Waals surface area contributed by atoms with Gasteiger partial charge in [-0.1, -0.05) is 221 Å². The number of allylic oxidation sites excluding steroid dienone is 36. The summed E-state index contributed by atoms with van der Waals surface area (Å²) < 4.78 is 45.0. The standard InChI is InChI=1S/C116H178N8O16/c1-87(47-51-99-95(9)41-29-57-113(99,13)14)33-25-37-91(5)83-107(127)117-61-23-21-45-103(123-109(129)85-93(7)39-27-35-89(3)49-53-101-97(11)43-31-59-115(101,17)18)111(131)121-65-71-137-77-75-135-69-63-119-105(125)55-67-133-73-79-139-81-82-140-80-74-134-68-56-106(126)120-64-70-136-76-78-138-72-66-122-112(132)104(124-110(130)86-94(8)40-28-36-90(4)50-54-102-98(12)44-32-60-116(102,19)20)46-22-24-62-118-108(128)84-92(6)38-26-34-88(2)48-52-100-96(10)42-30-58-114(100,15)16/h25-28,33-40,47-54,83-86,103-104H,21-24,29-32,41-46,55-82H2,1-20H3,(H,117,127)(H,118,128)(H,119,125)(H,120,126)(H,121,131)(H,122,132)(H,123,129)(H,124,130)/t103-,104-/m1/s1. The molecule has 778 valence electrons. The van der Waals surface area contributed by atoms with Crippen LogP contribution >= 0.6 is 0 Å². The van der Waals surface area contributed by atoms with Crippen LogP contribution in [0.1, 0.15) is 267 Å². The predicted molar refractivity (Wildman–Crippen MR) is 570 cm³/mol. The van der Waals surface area contributed by atoms with E-state index in [1.54, 1.807) is 12.2 Å². The third-order valence-corrected chi connectivity index (χ3v) is 25.3. The fraction of sp³-hybridized carbons (Fsp3) is 0.586. The fourth-order valence-corrected chi connectivity index (χ4v) is 17.2. The lowest BCUT2D eigenvalue weighted by Crippen LogP contribution is -2.47. The third-order valence-electron chi connectivity index (χ3n) is 25.3. The first-order valence-corrected chi connectivity index (χ1v) is 51.3. The quantitative estimate of drug-likeness (QED) is 0.0159. The normalized spacial score (nSPS) is 17.7. The van der Waals surface area contributed by atoms with E-state index in [-0.39, 0.29) is 161 Å². The van der Waals surface area contributed by atoms with E-state index in [1.165, 1.54) is 108 Å². The van der Waals surface area contributed by atoms with Gasteiger partial charge in [0.25, 0.3) is 0 Å². The maximum atomic E-state index is 13.6. The first-order valence-electron chi connectivity index (χ1n) is 51.3. The number of unbranched alkanes of at least 4 members (excludes halogenated alkanes) is 2. The van der Waals surface area contributed by atoms with Crippen molar-refractivity contribution in [2.75, 3.05) is 145 Å². The molecule has 0 aromatic carbocycles. The molecule has 0 radical (unpaired) electrons. The van der Waals surface area contributed by atoms with Gasteiger partial charge in [-0.25, -0.2) is 0 Å². The molecule has 8 amide bonds. The van der Waals surface area contributed by atoms with E-state index in [0.29, 0.717) is 104 Å². The second kappa shape index (κ2) is 70.0. The number of amides is 8. The molecule has 0 aromatic rings. The number of carbonyl (C=O) groups excluding carboxylic acids is 8. The largest absolute Gasteiger partial charge is 0.379 e. The average molecular weight is 1940 g/mol. The molecule has 0 aromatic heterocycles. The van der Waals surface area contributed by atoms with E-state index in [1.807, 2.05) is 101 Å². The number of ether oxygens (including phenoxy) is 8. The molecule has 4 rings (SSSR count). The number of hydrogen-bond acceptors (Lipinski definition) is 16. The Morgan fingerprint density at radius 1 is 0.279 bits per heavy atom. The number of carbonyl (C=O) groups is 8. The molecular formula is C116H178N8O16. The Kier molecular flexibility index (Phi) is 61.3. The zero-order valence-electron chi connectivity index (χ0n) is 89.2. The zero-order chi connectivity index (χ0) is 103. The van der Waals surface area contributed by atoms with E-state index < -0.39 is 12.1 Å². The van der Waals surface area contributed by atoms with Gasteiger partial charge in [-0.05, 0) is 265 Å². The van der Waals surface area contributed by atoms with E-state index in [9.17, 15) is 38.4 Å². The zero-order valence-corrected chi connectivity index (χ0v) is 89.2. The van der Waals surface area contributed by atoms with Crippen LogP contribution in [0.2, 0.25) is 0 Å². The van der Waals surface area contributed by atoms with Crippen LogP contribution in [0.5, 0.6) is 0 Å². The Bertz CT molecular complexity index is 4300. The van der Waals surface area contributed by atoms with Crippen molar-refractivity contribution < 1.29 is 76.3 Å². The van der Waals surface area contributed by atoms with Gasteiger partial charge in [-0.2, -0.15) is 0 Å². The van der Waals surface area contributed by atoms with Gasteiger partial charge >= 0.3 is 0 Å². The van der Waals surface area contributed by atoms with Gasteiger partial charge in [0, 0.05) is 76.4 Å². The lowest BCUT2D eigenvalue weighted by Gasteiger charge is -2.33. The molecule has 4 aliphatic rings. The molecule has 0 unspecified atom stereocenters. The summed E-state index contributed by atoms with van der Waals surface area (Å²) in [6.07, 6.45) is 64.7.